The number of amides is 2. The van der Waals surface area contributed by atoms with E-state index in [2.05, 4.69) is 29.0 Å². The van der Waals surface area contributed by atoms with Gasteiger partial charge in [0.2, 0.25) is 5.91 Å². The first-order valence-corrected chi connectivity index (χ1v) is 9.87. The van der Waals surface area contributed by atoms with Crippen LogP contribution in [0.2, 0.25) is 0 Å². The van der Waals surface area contributed by atoms with Gasteiger partial charge in [-0.3, -0.25) is 25.2 Å². The van der Waals surface area contributed by atoms with Crippen LogP contribution in [0.15, 0.2) is 41.2 Å². The normalized spacial score (nSPS) is 16.1. The fourth-order valence-electron chi connectivity index (χ4n) is 3.38. The molecule has 2 N–H and O–H groups in total. The van der Waals surface area contributed by atoms with Crippen LogP contribution in [0.25, 0.3) is 10.8 Å². The Balaban J connectivity index is 1.81. The molecule has 0 spiro atoms. The Morgan fingerprint density at radius 2 is 1.93 bits per heavy atom. The van der Waals surface area contributed by atoms with Crippen LogP contribution in [0, 0.1) is 5.92 Å². The number of rotatable bonds is 6. The highest BCUT2D eigenvalue weighted by molar-refractivity contribution is 6.05. The SMILES string of the molecule is CCCCCn1nc(C(=O)NNC(=O)C2CC=CCC2)c2ccccc2c1=O. The number of nitrogens with one attached hydrogen (secondary N) is 2. The van der Waals surface area contributed by atoms with Crippen molar-refractivity contribution in [3.8, 4) is 0 Å². The third kappa shape index (κ3) is 4.47. The minimum Gasteiger partial charge on any atom is -0.273 e. The zero-order valence-electron chi connectivity index (χ0n) is 16.1. The van der Waals surface area contributed by atoms with Crippen LogP contribution in [0.5, 0.6) is 0 Å². The summed E-state index contributed by atoms with van der Waals surface area (Å²) in [7, 11) is 0. The maximum Gasteiger partial charge on any atom is 0.290 e. The lowest BCUT2D eigenvalue weighted by atomic mass is 9.94. The summed E-state index contributed by atoms with van der Waals surface area (Å²) in [5.41, 5.74) is 4.89. The lowest BCUT2D eigenvalue weighted by molar-refractivity contribution is -0.126. The monoisotopic (exact) mass is 382 g/mol. The molecule has 1 aliphatic rings. The molecule has 7 nitrogen and oxygen atoms in total. The third-order valence-electron chi connectivity index (χ3n) is 5.00. The molecule has 0 saturated carbocycles. The van der Waals surface area contributed by atoms with E-state index in [1.165, 1.54) is 4.68 Å². The predicted octanol–water partition coefficient (Wildman–Crippen LogP) is 2.70. The molecule has 2 amide bonds. The van der Waals surface area contributed by atoms with Gasteiger partial charge >= 0.3 is 0 Å². The van der Waals surface area contributed by atoms with Gasteiger partial charge in [-0.1, -0.05) is 50.1 Å². The van der Waals surface area contributed by atoms with Gasteiger partial charge in [0, 0.05) is 17.8 Å². The van der Waals surface area contributed by atoms with Crippen molar-refractivity contribution in [2.45, 2.75) is 52.0 Å². The van der Waals surface area contributed by atoms with Crippen molar-refractivity contribution in [3.63, 3.8) is 0 Å². The first-order valence-electron chi connectivity index (χ1n) is 9.87. The van der Waals surface area contributed by atoms with E-state index < -0.39 is 5.91 Å². The Kier molecular flexibility index (Phi) is 6.57. The van der Waals surface area contributed by atoms with Crippen molar-refractivity contribution < 1.29 is 9.59 Å². The second-order valence-electron chi connectivity index (χ2n) is 7.05. The number of unbranched alkanes of at least 4 members (excludes halogenated alkanes) is 2. The van der Waals surface area contributed by atoms with Gasteiger partial charge in [-0.05, 0) is 31.7 Å². The average Bonchev–Trinajstić information content (AvgIpc) is 2.74. The number of fused-ring (bicyclic) bond motifs is 1. The van der Waals surface area contributed by atoms with Crippen LogP contribution < -0.4 is 16.4 Å². The number of allylic oxidation sites excluding steroid dienone is 2. The standard InChI is InChI=1S/C21H26N4O3/c1-2-3-9-14-25-21(28)17-13-8-7-12-16(17)18(24-25)20(27)23-22-19(26)15-10-5-4-6-11-15/h4-5,7-8,12-13,15H,2-3,6,9-11,14H2,1H3,(H,22,26)(H,23,27). The van der Waals surface area contributed by atoms with Crippen molar-refractivity contribution in [2.24, 2.45) is 5.92 Å². The van der Waals surface area contributed by atoms with Crippen molar-refractivity contribution in [2.75, 3.05) is 0 Å². The molecule has 1 aromatic heterocycles. The zero-order valence-corrected chi connectivity index (χ0v) is 16.1. The smallest absolute Gasteiger partial charge is 0.273 e. The number of benzene rings is 1. The average molecular weight is 382 g/mol. The first kappa shape index (κ1) is 19.8. The van der Waals surface area contributed by atoms with E-state index >= 15 is 0 Å². The number of hydrogen-bond donors (Lipinski definition) is 2. The van der Waals surface area contributed by atoms with Crippen LogP contribution >= 0.6 is 0 Å². The molecule has 1 unspecified atom stereocenters. The van der Waals surface area contributed by atoms with Gasteiger partial charge < -0.3 is 0 Å². The van der Waals surface area contributed by atoms with Crippen LogP contribution in [0.4, 0.5) is 0 Å². The Bertz CT molecular complexity index is 948. The van der Waals surface area contributed by atoms with Crippen molar-refractivity contribution >= 4 is 22.6 Å². The van der Waals surface area contributed by atoms with Gasteiger partial charge in [-0.15, -0.1) is 0 Å². The van der Waals surface area contributed by atoms with Crippen molar-refractivity contribution in [3.05, 3.63) is 52.5 Å². The molecular weight excluding hydrogens is 356 g/mol. The molecule has 1 heterocycles. The van der Waals surface area contributed by atoms with E-state index in [1.54, 1.807) is 24.3 Å². The molecule has 2 aromatic rings. The lowest BCUT2D eigenvalue weighted by Gasteiger charge is -2.17. The summed E-state index contributed by atoms with van der Waals surface area (Å²) in [4.78, 5) is 37.6. The maximum atomic E-state index is 12.7. The maximum absolute atomic E-state index is 12.7. The Morgan fingerprint density at radius 1 is 1.14 bits per heavy atom. The van der Waals surface area contributed by atoms with Gasteiger partial charge in [0.1, 0.15) is 0 Å². The largest absolute Gasteiger partial charge is 0.290 e. The summed E-state index contributed by atoms with van der Waals surface area (Å²) in [6.45, 7) is 2.54. The second kappa shape index (κ2) is 9.30. The second-order valence-corrected chi connectivity index (χ2v) is 7.05. The summed E-state index contributed by atoms with van der Waals surface area (Å²) in [6.07, 6.45) is 9.16. The number of hydrogen-bond acceptors (Lipinski definition) is 4. The first-order chi connectivity index (χ1) is 13.6. The minimum absolute atomic E-state index is 0.135. The number of aromatic nitrogens is 2. The summed E-state index contributed by atoms with van der Waals surface area (Å²) in [5.74, 6) is -0.878. The van der Waals surface area contributed by atoms with E-state index in [1.807, 2.05) is 6.08 Å². The Morgan fingerprint density at radius 3 is 2.64 bits per heavy atom. The molecule has 0 fully saturated rings. The predicted molar refractivity (Wildman–Crippen MR) is 108 cm³/mol. The summed E-state index contributed by atoms with van der Waals surface area (Å²) < 4.78 is 1.35. The third-order valence-corrected chi connectivity index (χ3v) is 5.00. The quantitative estimate of drug-likeness (QED) is 0.456. The van der Waals surface area contributed by atoms with Crippen LogP contribution in [-0.2, 0) is 11.3 Å². The summed E-state index contributed by atoms with van der Waals surface area (Å²) >= 11 is 0. The van der Waals surface area contributed by atoms with E-state index in [4.69, 9.17) is 0 Å². The highest BCUT2D eigenvalue weighted by atomic mass is 16.2. The highest BCUT2D eigenvalue weighted by Gasteiger charge is 2.21. The number of hydrazine groups is 1. The number of aryl methyl sites for hydroxylation is 1. The Labute approximate surface area is 163 Å². The summed E-state index contributed by atoms with van der Waals surface area (Å²) in [6, 6.07) is 6.91. The number of carbonyl (C=O) groups excluding carboxylic acids is 2. The molecule has 28 heavy (non-hydrogen) atoms. The topological polar surface area (TPSA) is 93.1 Å². The molecule has 148 valence electrons. The fourth-order valence-corrected chi connectivity index (χ4v) is 3.38. The van der Waals surface area contributed by atoms with Crippen molar-refractivity contribution in [1.82, 2.24) is 20.6 Å². The van der Waals surface area contributed by atoms with Gasteiger partial charge in [0.15, 0.2) is 5.69 Å². The van der Waals surface area contributed by atoms with E-state index in [0.29, 0.717) is 23.7 Å². The molecule has 0 bridgehead atoms. The molecule has 0 saturated heterocycles. The summed E-state index contributed by atoms with van der Waals surface area (Å²) in [5, 5.41) is 5.22. The van der Waals surface area contributed by atoms with E-state index in [-0.39, 0.29) is 23.1 Å². The van der Waals surface area contributed by atoms with E-state index in [0.717, 1.165) is 32.1 Å². The van der Waals surface area contributed by atoms with Crippen LogP contribution in [-0.4, -0.2) is 21.6 Å². The molecule has 1 aromatic carbocycles. The van der Waals surface area contributed by atoms with Crippen molar-refractivity contribution in [1.29, 1.82) is 0 Å². The van der Waals surface area contributed by atoms with Gasteiger partial charge in [-0.25, -0.2) is 4.68 Å². The molecule has 1 aliphatic carbocycles. The minimum atomic E-state index is -0.528. The van der Waals surface area contributed by atoms with Gasteiger partial charge in [0.25, 0.3) is 11.5 Å². The highest BCUT2D eigenvalue weighted by Crippen LogP contribution is 2.18. The van der Waals surface area contributed by atoms with E-state index in [9.17, 15) is 14.4 Å². The van der Waals surface area contributed by atoms with Gasteiger partial charge in [0.05, 0.1) is 5.39 Å². The van der Waals surface area contributed by atoms with Gasteiger partial charge in [-0.2, -0.15) is 5.10 Å². The Hall–Kier alpha value is -2.96. The molecular formula is C21H26N4O3. The number of carbonyl (C=O) groups is 2. The molecule has 0 aliphatic heterocycles. The number of nitrogens with zero attached hydrogens (tertiary/aromatic N) is 2. The lowest BCUT2D eigenvalue weighted by Crippen LogP contribution is -2.45. The van der Waals surface area contributed by atoms with Crippen LogP contribution in [0.1, 0.15) is 55.9 Å². The molecule has 7 heteroatoms. The zero-order chi connectivity index (χ0) is 19.9. The molecule has 1 atom stereocenters. The molecule has 0 radical (unpaired) electrons. The molecule has 3 rings (SSSR count). The fraction of sp³-hybridized carbons (Fsp3) is 0.429. The van der Waals surface area contributed by atoms with Crippen LogP contribution in [0.3, 0.4) is 0 Å².